The number of halogens is 2. The Hall–Kier alpha value is -1.07. The van der Waals surface area contributed by atoms with E-state index in [-0.39, 0.29) is 29.8 Å². The van der Waals surface area contributed by atoms with Crippen LogP contribution in [0.1, 0.15) is 24.2 Å². The SMILES string of the molecule is CCOC(=O)COc1c(Cl)cc(Br)cc1C(C)=O. The van der Waals surface area contributed by atoms with E-state index in [1.165, 1.54) is 6.92 Å². The fourth-order valence-electron chi connectivity index (χ4n) is 1.30. The summed E-state index contributed by atoms with van der Waals surface area (Å²) in [4.78, 5) is 22.7. The van der Waals surface area contributed by atoms with Gasteiger partial charge in [-0.3, -0.25) is 4.79 Å². The number of hydrogen-bond acceptors (Lipinski definition) is 4. The van der Waals surface area contributed by atoms with Crippen molar-refractivity contribution in [2.75, 3.05) is 13.2 Å². The van der Waals surface area contributed by atoms with Gasteiger partial charge >= 0.3 is 5.97 Å². The Labute approximate surface area is 118 Å². The van der Waals surface area contributed by atoms with Crippen LogP contribution in [0.4, 0.5) is 0 Å². The number of hydrogen-bond donors (Lipinski definition) is 0. The fraction of sp³-hybridized carbons (Fsp3) is 0.333. The second-order valence-electron chi connectivity index (χ2n) is 3.41. The van der Waals surface area contributed by atoms with E-state index < -0.39 is 5.97 Å². The van der Waals surface area contributed by atoms with Gasteiger partial charge in [-0.2, -0.15) is 0 Å². The van der Waals surface area contributed by atoms with Crippen molar-refractivity contribution in [3.63, 3.8) is 0 Å². The summed E-state index contributed by atoms with van der Waals surface area (Å²) < 4.78 is 10.6. The van der Waals surface area contributed by atoms with E-state index in [0.717, 1.165) is 0 Å². The van der Waals surface area contributed by atoms with Gasteiger partial charge in [0.1, 0.15) is 5.75 Å². The topological polar surface area (TPSA) is 52.6 Å². The molecule has 6 heteroatoms. The summed E-state index contributed by atoms with van der Waals surface area (Å²) in [6.45, 7) is 3.09. The first-order chi connectivity index (χ1) is 8.45. The Bertz CT molecular complexity index is 473. The van der Waals surface area contributed by atoms with Gasteiger partial charge < -0.3 is 9.47 Å². The largest absolute Gasteiger partial charge is 0.480 e. The Kier molecular flexibility index (Phi) is 5.62. The molecule has 0 fully saturated rings. The first-order valence-corrected chi connectivity index (χ1v) is 6.41. The lowest BCUT2D eigenvalue weighted by atomic mass is 10.1. The lowest BCUT2D eigenvalue weighted by Gasteiger charge is -2.11. The van der Waals surface area contributed by atoms with Gasteiger partial charge in [0.05, 0.1) is 17.2 Å². The lowest BCUT2D eigenvalue weighted by Crippen LogP contribution is -2.16. The normalized spacial score (nSPS) is 10.0. The van der Waals surface area contributed by atoms with Crippen LogP contribution in [0.15, 0.2) is 16.6 Å². The molecule has 0 bridgehead atoms. The third kappa shape index (κ3) is 3.99. The second kappa shape index (κ2) is 6.75. The summed E-state index contributed by atoms with van der Waals surface area (Å²) in [6.07, 6.45) is 0. The number of ketones is 1. The van der Waals surface area contributed by atoms with Crippen molar-refractivity contribution >= 4 is 39.3 Å². The average molecular weight is 336 g/mol. The maximum absolute atomic E-state index is 11.5. The minimum atomic E-state index is -0.508. The number of ether oxygens (including phenoxy) is 2. The minimum absolute atomic E-state index is 0.195. The standard InChI is InChI=1S/C12H12BrClO4/c1-3-17-11(16)6-18-12-9(7(2)15)4-8(13)5-10(12)14/h4-5H,3,6H2,1-2H3. The summed E-state index contributed by atoms with van der Waals surface area (Å²) in [5.74, 6) is -0.511. The minimum Gasteiger partial charge on any atom is -0.480 e. The number of esters is 1. The first-order valence-electron chi connectivity index (χ1n) is 5.24. The van der Waals surface area contributed by atoms with Crippen molar-refractivity contribution in [3.8, 4) is 5.75 Å². The van der Waals surface area contributed by atoms with Crippen LogP contribution in [0, 0.1) is 0 Å². The Balaban J connectivity index is 2.93. The predicted octanol–water partition coefficient (Wildman–Crippen LogP) is 3.25. The molecule has 0 aliphatic rings. The maximum atomic E-state index is 11.5. The third-order valence-electron chi connectivity index (χ3n) is 2.03. The third-order valence-corrected chi connectivity index (χ3v) is 2.77. The highest BCUT2D eigenvalue weighted by Crippen LogP contribution is 2.32. The smallest absolute Gasteiger partial charge is 0.344 e. The quantitative estimate of drug-likeness (QED) is 0.612. The number of carbonyl (C=O) groups is 2. The molecule has 0 unspecified atom stereocenters. The zero-order chi connectivity index (χ0) is 13.7. The van der Waals surface area contributed by atoms with Crippen molar-refractivity contribution in [1.29, 1.82) is 0 Å². The van der Waals surface area contributed by atoms with Crippen molar-refractivity contribution in [2.24, 2.45) is 0 Å². The Morgan fingerprint density at radius 1 is 1.39 bits per heavy atom. The van der Waals surface area contributed by atoms with Crippen LogP contribution in [0.3, 0.4) is 0 Å². The van der Waals surface area contributed by atoms with Crippen molar-refractivity contribution in [3.05, 3.63) is 27.2 Å². The van der Waals surface area contributed by atoms with Crippen LogP contribution in [-0.2, 0) is 9.53 Å². The zero-order valence-corrected chi connectivity index (χ0v) is 12.3. The van der Waals surface area contributed by atoms with Crippen molar-refractivity contribution < 1.29 is 19.1 Å². The van der Waals surface area contributed by atoms with E-state index in [0.29, 0.717) is 10.0 Å². The molecule has 0 aromatic heterocycles. The van der Waals surface area contributed by atoms with E-state index >= 15 is 0 Å². The highest BCUT2D eigenvalue weighted by molar-refractivity contribution is 9.10. The van der Waals surface area contributed by atoms with E-state index in [1.54, 1.807) is 19.1 Å². The summed E-state index contributed by atoms with van der Waals surface area (Å²) in [7, 11) is 0. The van der Waals surface area contributed by atoms with Crippen LogP contribution >= 0.6 is 27.5 Å². The molecule has 0 aliphatic carbocycles. The average Bonchev–Trinajstić information content (AvgIpc) is 2.27. The van der Waals surface area contributed by atoms with E-state index in [4.69, 9.17) is 21.1 Å². The summed E-state index contributed by atoms with van der Waals surface area (Å²) in [5.41, 5.74) is 0.318. The molecule has 1 aromatic rings. The number of benzene rings is 1. The second-order valence-corrected chi connectivity index (χ2v) is 4.74. The molecule has 0 atom stereocenters. The molecule has 0 spiro atoms. The van der Waals surface area contributed by atoms with Gasteiger partial charge in [0.2, 0.25) is 0 Å². The lowest BCUT2D eigenvalue weighted by molar-refractivity contribution is -0.145. The van der Waals surface area contributed by atoms with Gasteiger partial charge in [-0.1, -0.05) is 27.5 Å². The van der Waals surface area contributed by atoms with Crippen LogP contribution < -0.4 is 4.74 Å². The summed E-state index contributed by atoms with van der Waals surface area (Å²) >= 11 is 9.22. The fourth-order valence-corrected chi connectivity index (χ4v) is 2.17. The van der Waals surface area contributed by atoms with Crippen molar-refractivity contribution in [1.82, 2.24) is 0 Å². The molecule has 98 valence electrons. The maximum Gasteiger partial charge on any atom is 0.344 e. The van der Waals surface area contributed by atoms with Crippen LogP contribution in [0.25, 0.3) is 0 Å². The molecule has 0 radical (unpaired) electrons. The van der Waals surface area contributed by atoms with Gasteiger partial charge in [-0.05, 0) is 26.0 Å². The monoisotopic (exact) mass is 334 g/mol. The van der Waals surface area contributed by atoms with Gasteiger partial charge in [-0.25, -0.2) is 4.79 Å². The highest BCUT2D eigenvalue weighted by atomic mass is 79.9. The molecule has 1 rings (SSSR count). The molecule has 0 amide bonds. The molecule has 18 heavy (non-hydrogen) atoms. The summed E-state index contributed by atoms with van der Waals surface area (Å²) in [5, 5.41) is 0.263. The van der Waals surface area contributed by atoms with Gasteiger partial charge in [-0.15, -0.1) is 0 Å². The van der Waals surface area contributed by atoms with E-state index in [9.17, 15) is 9.59 Å². The molecule has 0 heterocycles. The number of carbonyl (C=O) groups excluding carboxylic acids is 2. The Morgan fingerprint density at radius 3 is 2.61 bits per heavy atom. The predicted molar refractivity (Wildman–Crippen MR) is 71.3 cm³/mol. The van der Waals surface area contributed by atoms with Gasteiger partial charge in [0, 0.05) is 4.47 Å². The molecule has 0 aliphatic heterocycles. The molecule has 1 aromatic carbocycles. The van der Waals surface area contributed by atoms with Gasteiger partial charge in [0.15, 0.2) is 12.4 Å². The van der Waals surface area contributed by atoms with Gasteiger partial charge in [0.25, 0.3) is 0 Å². The molecule has 0 N–H and O–H groups in total. The van der Waals surface area contributed by atoms with E-state index in [2.05, 4.69) is 15.9 Å². The van der Waals surface area contributed by atoms with Crippen molar-refractivity contribution in [2.45, 2.75) is 13.8 Å². The number of rotatable bonds is 5. The number of Topliss-reactive ketones (excluding diaryl/α,β-unsaturated/α-hetero) is 1. The molecule has 4 nitrogen and oxygen atoms in total. The summed E-state index contributed by atoms with van der Waals surface area (Å²) in [6, 6.07) is 3.18. The first kappa shape index (κ1) is 15.0. The molecular weight excluding hydrogens is 323 g/mol. The molecule has 0 saturated carbocycles. The Morgan fingerprint density at radius 2 is 2.06 bits per heavy atom. The zero-order valence-electron chi connectivity index (χ0n) is 9.96. The van der Waals surface area contributed by atoms with Crippen LogP contribution in [0.5, 0.6) is 5.75 Å². The van der Waals surface area contributed by atoms with Crippen LogP contribution in [-0.4, -0.2) is 25.0 Å². The molecule has 0 saturated heterocycles. The van der Waals surface area contributed by atoms with Crippen LogP contribution in [0.2, 0.25) is 5.02 Å². The molecular formula is C12H12BrClO4. The van der Waals surface area contributed by atoms with E-state index in [1.807, 2.05) is 0 Å². The highest BCUT2D eigenvalue weighted by Gasteiger charge is 2.15.